The lowest BCUT2D eigenvalue weighted by molar-refractivity contribution is -0.114. The van der Waals surface area contributed by atoms with Crippen molar-refractivity contribution in [3.8, 4) is 16.3 Å². The van der Waals surface area contributed by atoms with E-state index < -0.39 is 22.5 Å². The maximum absolute atomic E-state index is 13.5. The zero-order valence-corrected chi connectivity index (χ0v) is 21.1. The number of methoxy groups -OCH3 is 1. The Morgan fingerprint density at radius 3 is 2.34 bits per heavy atom. The third kappa shape index (κ3) is 5.67. The molecule has 1 amide bonds. The fraction of sp³-hybridized carbons (Fsp3) is 0.160. The van der Waals surface area contributed by atoms with Crippen molar-refractivity contribution in [2.45, 2.75) is 18.7 Å². The van der Waals surface area contributed by atoms with Crippen molar-refractivity contribution in [1.82, 2.24) is 10.2 Å². The van der Waals surface area contributed by atoms with Gasteiger partial charge in [0.15, 0.2) is 0 Å². The first-order valence-electron chi connectivity index (χ1n) is 10.7. The van der Waals surface area contributed by atoms with Gasteiger partial charge in [-0.2, -0.15) is 0 Å². The van der Waals surface area contributed by atoms with Gasteiger partial charge in [-0.15, -0.1) is 10.2 Å². The van der Waals surface area contributed by atoms with Crippen LogP contribution in [-0.2, 0) is 14.8 Å². The average Bonchev–Trinajstić information content (AvgIpc) is 3.31. The van der Waals surface area contributed by atoms with E-state index in [2.05, 4.69) is 15.5 Å². The number of aromatic nitrogens is 2. The van der Waals surface area contributed by atoms with Crippen LogP contribution in [0.2, 0.25) is 0 Å². The normalized spacial score (nSPS) is 11.2. The Bertz CT molecular complexity index is 1430. The number of nitrogens with one attached hydrogen (secondary N) is 1. The summed E-state index contributed by atoms with van der Waals surface area (Å²) >= 11 is 1.20. The van der Waals surface area contributed by atoms with Crippen molar-refractivity contribution in [3.05, 3.63) is 83.9 Å². The van der Waals surface area contributed by atoms with Gasteiger partial charge in [0.25, 0.3) is 10.0 Å². The minimum atomic E-state index is -3.99. The Morgan fingerprint density at radius 1 is 0.971 bits per heavy atom. The molecule has 4 aromatic rings. The number of rotatable bonds is 8. The van der Waals surface area contributed by atoms with E-state index in [1.807, 2.05) is 44.2 Å². The molecule has 35 heavy (non-hydrogen) atoms. The number of sulfonamides is 1. The van der Waals surface area contributed by atoms with Gasteiger partial charge in [0.05, 0.1) is 17.7 Å². The average molecular weight is 509 g/mol. The first-order chi connectivity index (χ1) is 16.8. The molecular formula is C25H24N4O4S2. The SMILES string of the molecule is COc1ccc(-c2nnc(NC(=O)CN(c3cccc(C)c3)S(=O)(=O)c3ccc(C)cc3)s2)cc1. The fourth-order valence-electron chi connectivity index (χ4n) is 3.35. The summed E-state index contributed by atoms with van der Waals surface area (Å²) in [7, 11) is -2.40. The molecule has 10 heteroatoms. The maximum Gasteiger partial charge on any atom is 0.264 e. The van der Waals surface area contributed by atoms with Crippen LogP contribution in [0.4, 0.5) is 10.8 Å². The molecule has 4 rings (SSSR count). The van der Waals surface area contributed by atoms with Gasteiger partial charge >= 0.3 is 0 Å². The Hall–Kier alpha value is -3.76. The summed E-state index contributed by atoms with van der Waals surface area (Å²) in [5.41, 5.74) is 3.04. The Kier molecular flexibility index (Phi) is 7.13. The Balaban J connectivity index is 1.57. The van der Waals surface area contributed by atoms with Gasteiger partial charge in [0.1, 0.15) is 17.3 Å². The Labute approximate surface area is 208 Å². The first kappa shape index (κ1) is 24.4. The number of amides is 1. The van der Waals surface area contributed by atoms with Crippen LogP contribution >= 0.6 is 11.3 Å². The van der Waals surface area contributed by atoms with E-state index in [-0.39, 0.29) is 10.0 Å². The number of aryl methyl sites for hydroxylation is 2. The van der Waals surface area contributed by atoms with E-state index in [0.29, 0.717) is 10.7 Å². The molecule has 0 atom stereocenters. The Morgan fingerprint density at radius 2 is 1.69 bits per heavy atom. The molecule has 0 aliphatic heterocycles. The van der Waals surface area contributed by atoms with Crippen molar-refractivity contribution in [3.63, 3.8) is 0 Å². The number of nitrogens with zero attached hydrogens (tertiary/aromatic N) is 3. The second kappa shape index (κ2) is 10.2. The van der Waals surface area contributed by atoms with E-state index in [9.17, 15) is 13.2 Å². The molecule has 1 heterocycles. The standard InChI is InChI=1S/C25H24N4O4S2/c1-17-7-13-22(14-8-17)35(31,32)29(20-6-4-5-18(2)15-20)16-23(30)26-25-28-27-24(34-25)19-9-11-21(33-3)12-10-19/h4-15H,16H2,1-3H3,(H,26,28,30). The highest BCUT2D eigenvalue weighted by molar-refractivity contribution is 7.92. The van der Waals surface area contributed by atoms with Gasteiger partial charge in [-0.05, 0) is 67.9 Å². The van der Waals surface area contributed by atoms with Gasteiger partial charge in [0, 0.05) is 5.56 Å². The van der Waals surface area contributed by atoms with Crippen molar-refractivity contribution in [2.75, 3.05) is 23.3 Å². The van der Waals surface area contributed by atoms with E-state index in [4.69, 9.17) is 4.74 Å². The fourth-order valence-corrected chi connectivity index (χ4v) is 5.53. The maximum atomic E-state index is 13.5. The van der Waals surface area contributed by atoms with Crippen LogP contribution in [0.25, 0.3) is 10.6 Å². The molecule has 0 bridgehead atoms. The summed E-state index contributed by atoms with van der Waals surface area (Å²) in [5.74, 6) is 0.192. The third-order valence-corrected chi connectivity index (χ3v) is 7.87. The van der Waals surface area contributed by atoms with Crippen molar-refractivity contribution in [2.24, 2.45) is 0 Å². The van der Waals surface area contributed by atoms with Gasteiger partial charge in [-0.3, -0.25) is 14.4 Å². The van der Waals surface area contributed by atoms with Crippen molar-refractivity contribution < 1.29 is 17.9 Å². The number of hydrogen-bond acceptors (Lipinski definition) is 7. The summed E-state index contributed by atoms with van der Waals surface area (Å²) in [6.45, 7) is 3.32. The quantitative estimate of drug-likeness (QED) is 0.371. The van der Waals surface area contributed by atoms with Crippen LogP contribution in [0.3, 0.4) is 0 Å². The number of benzene rings is 3. The topological polar surface area (TPSA) is 101 Å². The van der Waals surface area contributed by atoms with Crippen molar-refractivity contribution in [1.29, 1.82) is 0 Å². The molecule has 0 aliphatic carbocycles. The molecule has 3 aromatic carbocycles. The lowest BCUT2D eigenvalue weighted by Crippen LogP contribution is -2.38. The van der Waals surface area contributed by atoms with E-state index in [0.717, 1.165) is 26.7 Å². The summed E-state index contributed by atoms with van der Waals surface area (Å²) in [4.78, 5) is 13.1. The molecule has 0 aliphatic rings. The summed E-state index contributed by atoms with van der Waals surface area (Å²) in [6, 6.07) is 20.9. The van der Waals surface area contributed by atoms with Crippen LogP contribution in [0, 0.1) is 13.8 Å². The van der Waals surface area contributed by atoms with Gasteiger partial charge in [0.2, 0.25) is 11.0 Å². The largest absolute Gasteiger partial charge is 0.497 e. The number of anilines is 2. The molecule has 180 valence electrons. The minimum Gasteiger partial charge on any atom is -0.497 e. The minimum absolute atomic E-state index is 0.107. The molecule has 0 saturated carbocycles. The molecule has 0 saturated heterocycles. The molecule has 0 fully saturated rings. The third-order valence-electron chi connectivity index (χ3n) is 5.19. The highest BCUT2D eigenvalue weighted by Gasteiger charge is 2.27. The highest BCUT2D eigenvalue weighted by atomic mass is 32.2. The van der Waals surface area contributed by atoms with Crippen LogP contribution in [0.1, 0.15) is 11.1 Å². The first-order valence-corrected chi connectivity index (χ1v) is 13.0. The summed E-state index contributed by atoms with van der Waals surface area (Å²) in [5, 5.41) is 11.7. The second-order valence-corrected chi connectivity index (χ2v) is 10.7. The van der Waals surface area contributed by atoms with Crippen LogP contribution in [0.15, 0.2) is 77.7 Å². The molecule has 1 N–H and O–H groups in total. The number of carbonyl (C=O) groups is 1. The smallest absolute Gasteiger partial charge is 0.264 e. The van der Waals surface area contributed by atoms with Gasteiger partial charge in [-0.1, -0.05) is 41.2 Å². The van der Waals surface area contributed by atoms with Gasteiger partial charge < -0.3 is 4.74 Å². The monoisotopic (exact) mass is 508 g/mol. The lowest BCUT2D eigenvalue weighted by atomic mass is 10.2. The summed E-state index contributed by atoms with van der Waals surface area (Å²) in [6.07, 6.45) is 0. The zero-order chi connectivity index (χ0) is 25.0. The van der Waals surface area contributed by atoms with Crippen LogP contribution in [-0.4, -0.2) is 38.2 Å². The predicted molar refractivity (Wildman–Crippen MR) is 137 cm³/mol. The number of ether oxygens (including phenoxy) is 1. The van der Waals surface area contributed by atoms with Crippen molar-refractivity contribution >= 4 is 38.1 Å². The predicted octanol–water partition coefficient (Wildman–Crippen LogP) is 4.66. The van der Waals surface area contributed by atoms with E-state index >= 15 is 0 Å². The van der Waals surface area contributed by atoms with E-state index in [1.54, 1.807) is 37.4 Å². The summed E-state index contributed by atoms with van der Waals surface area (Å²) < 4.78 is 33.3. The molecule has 8 nitrogen and oxygen atoms in total. The number of carbonyl (C=O) groups excluding carboxylic acids is 1. The lowest BCUT2D eigenvalue weighted by Gasteiger charge is -2.24. The zero-order valence-electron chi connectivity index (χ0n) is 19.4. The second-order valence-electron chi connectivity index (χ2n) is 7.85. The van der Waals surface area contributed by atoms with Crippen LogP contribution < -0.4 is 14.4 Å². The molecule has 0 spiro atoms. The van der Waals surface area contributed by atoms with Gasteiger partial charge in [-0.25, -0.2) is 8.42 Å². The molecular weight excluding hydrogens is 484 g/mol. The molecule has 0 unspecified atom stereocenters. The highest BCUT2D eigenvalue weighted by Crippen LogP contribution is 2.29. The molecule has 0 radical (unpaired) electrons. The van der Waals surface area contributed by atoms with Crippen LogP contribution in [0.5, 0.6) is 5.75 Å². The molecule has 1 aromatic heterocycles. The van der Waals surface area contributed by atoms with E-state index in [1.165, 1.54) is 23.5 Å². The number of hydrogen-bond donors (Lipinski definition) is 1.